The largest absolute Gasteiger partial charge is 0.420 e. The van der Waals surface area contributed by atoms with Gasteiger partial charge in [-0.25, -0.2) is 4.79 Å². The molecule has 0 atom stereocenters. The van der Waals surface area contributed by atoms with Crippen LogP contribution in [0.3, 0.4) is 0 Å². The predicted octanol–water partition coefficient (Wildman–Crippen LogP) is 2.69. The summed E-state index contributed by atoms with van der Waals surface area (Å²) in [5.74, 6) is -0.950. The molecule has 0 saturated heterocycles. The van der Waals surface area contributed by atoms with E-state index in [1.165, 1.54) is 4.57 Å². The highest BCUT2D eigenvalue weighted by atomic mass is 16.4. The number of nitrogens with zero attached hydrogens (tertiary/aromatic N) is 1. The first-order valence-electron chi connectivity index (χ1n) is 8.45. The Morgan fingerprint density at radius 2 is 1.89 bits per heavy atom. The number of H-pyrrole nitrogens is 1. The second-order valence-electron chi connectivity index (χ2n) is 6.43. The van der Waals surface area contributed by atoms with Crippen LogP contribution in [0.4, 0.5) is 5.69 Å². The average molecular weight is 363 g/mol. The highest BCUT2D eigenvalue weighted by Crippen LogP contribution is 2.21. The number of carbonyl (C=O) groups excluding carboxylic acids is 1. The van der Waals surface area contributed by atoms with E-state index in [2.05, 4.69) is 10.3 Å². The first kappa shape index (κ1) is 16.8. The molecule has 0 fully saturated rings. The van der Waals surface area contributed by atoms with Crippen molar-refractivity contribution >= 4 is 33.6 Å². The lowest BCUT2D eigenvalue weighted by Gasteiger charge is -2.09. The fraction of sp³-hybridized carbons (Fsp3) is 0.150. The Labute approximate surface area is 153 Å². The number of amides is 1. The highest BCUT2D eigenvalue weighted by molar-refractivity contribution is 5.94. The molecule has 136 valence electrons. The minimum absolute atomic E-state index is 0.153. The summed E-state index contributed by atoms with van der Waals surface area (Å²) in [5.41, 5.74) is 3.60. The molecular formula is C20H17N3O4. The lowest BCUT2D eigenvalue weighted by Crippen LogP contribution is -2.24. The van der Waals surface area contributed by atoms with E-state index in [1.54, 1.807) is 43.3 Å². The van der Waals surface area contributed by atoms with Crippen LogP contribution in [0.25, 0.3) is 22.0 Å². The number of oxazole rings is 1. The van der Waals surface area contributed by atoms with Crippen molar-refractivity contribution in [3.8, 4) is 0 Å². The number of pyridine rings is 1. The standard InChI is InChI=1S/C20H17N3O4/c1-11-12(2)19(25)22-15-9-13(7-8-14(11)15)21-18(24)10-23-16-5-3-4-6-17(16)27-20(23)26/h3-9H,10H2,1-2H3,(H,21,24)(H,22,25). The summed E-state index contributed by atoms with van der Waals surface area (Å²) in [5, 5.41) is 3.67. The van der Waals surface area contributed by atoms with Crippen molar-refractivity contribution in [2.75, 3.05) is 5.32 Å². The second kappa shape index (κ2) is 6.28. The maximum Gasteiger partial charge on any atom is 0.420 e. The molecule has 0 aliphatic carbocycles. The molecule has 2 aromatic carbocycles. The van der Waals surface area contributed by atoms with Gasteiger partial charge in [-0.3, -0.25) is 14.2 Å². The Morgan fingerprint density at radius 1 is 1.11 bits per heavy atom. The first-order valence-corrected chi connectivity index (χ1v) is 8.45. The Kier molecular flexibility index (Phi) is 3.92. The van der Waals surface area contributed by atoms with E-state index in [1.807, 2.05) is 13.0 Å². The number of benzene rings is 2. The summed E-state index contributed by atoms with van der Waals surface area (Å²) in [6.07, 6.45) is 0. The molecule has 0 bridgehead atoms. The summed E-state index contributed by atoms with van der Waals surface area (Å²) in [4.78, 5) is 39.2. The van der Waals surface area contributed by atoms with Crippen LogP contribution in [0.5, 0.6) is 0 Å². The van der Waals surface area contributed by atoms with E-state index in [9.17, 15) is 14.4 Å². The number of rotatable bonds is 3. The fourth-order valence-corrected chi connectivity index (χ4v) is 3.15. The Morgan fingerprint density at radius 3 is 2.70 bits per heavy atom. The highest BCUT2D eigenvalue weighted by Gasteiger charge is 2.13. The van der Waals surface area contributed by atoms with Gasteiger partial charge in [-0.15, -0.1) is 0 Å². The van der Waals surface area contributed by atoms with Gasteiger partial charge in [0, 0.05) is 16.6 Å². The molecule has 27 heavy (non-hydrogen) atoms. The number of hydrogen-bond donors (Lipinski definition) is 2. The van der Waals surface area contributed by atoms with E-state index in [-0.39, 0.29) is 18.0 Å². The van der Waals surface area contributed by atoms with E-state index in [0.29, 0.717) is 27.9 Å². The van der Waals surface area contributed by atoms with Gasteiger partial charge < -0.3 is 14.7 Å². The third-order valence-electron chi connectivity index (χ3n) is 4.73. The number of aryl methyl sites for hydroxylation is 1. The molecule has 0 aliphatic rings. The van der Waals surface area contributed by atoms with Crippen molar-refractivity contribution in [1.82, 2.24) is 9.55 Å². The zero-order valence-corrected chi connectivity index (χ0v) is 14.8. The quantitative estimate of drug-likeness (QED) is 0.585. The van der Waals surface area contributed by atoms with Gasteiger partial charge in [0.05, 0.1) is 11.0 Å². The van der Waals surface area contributed by atoms with Crippen molar-refractivity contribution in [2.24, 2.45) is 0 Å². The summed E-state index contributed by atoms with van der Waals surface area (Å²) in [6, 6.07) is 12.3. The van der Waals surface area contributed by atoms with Gasteiger partial charge in [-0.1, -0.05) is 18.2 Å². The zero-order chi connectivity index (χ0) is 19.1. The number of anilines is 1. The minimum Gasteiger partial charge on any atom is -0.408 e. The van der Waals surface area contributed by atoms with Crippen LogP contribution in [0.15, 0.2) is 56.5 Å². The topological polar surface area (TPSA) is 97.1 Å². The SMILES string of the molecule is Cc1c(C)c2ccc(NC(=O)Cn3c(=O)oc4ccccc43)cc2[nH]c1=O. The van der Waals surface area contributed by atoms with Crippen molar-refractivity contribution in [1.29, 1.82) is 0 Å². The van der Waals surface area contributed by atoms with E-state index >= 15 is 0 Å². The van der Waals surface area contributed by atoms with E-state index < -0.39 is 5.76 Å². The minimum atomic E-state index is -0.583. The first-order chi connectivity index (χ1) is 12.9. The number of hydrogen-bond acceptors (Lipinski definition) is 4. The van der Waals surface area contributed by atoms with Gasteiger partial charge >= 0.3 is 5.76 Å². The van der Waals surface area contributed by atoms with Gasteiger partial charge in [-0.2, -0.15) is 0 Å². The Hall–Kier alpha value is -3.61. The summed E-state index contributed by atoms with van der Waals surface area (Å²) in [7, 11) is 0. The zero-order valence-electron chi connectivity index (χ0n) is 14.8. The van der Waals surface area contributed by atoms with Crippen LogP contribution in [-0.4, -0.2) is 15.5 Å². The number of carbonyl (C=O) groups is 1. The smallest absolute Gasteiger partial charge is 0.408 e. The predicted molar refractivity (Wildman–Crippen MR) is 103 cm³/mol. The normalized spacial score (nSPS) is 11.2. The van der Waals surface area contributed by atoms with E-state index in [0.717, 1.165) is 10.9 Å². The van der Waals surface area contributed by atoms with Crippen LogP contribution < -0.4 is 16.6 Å². The van der Waals surface area contributed by atoms with Crippen LogP contribution >= 0.6 is 0 Å². The third-order valence-corrected chi connectivity index (χ3v) is 4.73. The number of fused-ring (bicyclic) bond motifs is 2. The Balaban J connectivity index is 1.63. The van der Waals surface area contributed by atoms with Gasteiger partial charge in [-0.05, 0) is 43.7 Å². The average Bonchev–Trinajstić information content (AvgIpc) is 2.95. The fourth-order valence-electron chi connectivity index (χ4n) is 3.15. The monoisotopic (exact) mass is 363 g/mol. The van der Waals surface area contributed by atoms with Gasteiger partial charge in [0.15, 0.2) is 5.58 Å². The lowest BCUT2D eigenvalue weighted by atomic mass is 10.1. The molecule has 2 N–H and O–H groups in total. The molecule has 1 amide bonds. The molecular weight excluding hydrogens is 346 g/mol. The van der Waals surface area contributed by atoms with Gasteiger partial charge in [0.1, 0.15) is 6.54 Å². The maximum absolute atomic E-state index is 12.4. The molecule has 0 radical (unpaired) electrons. The summed E-state index contributed by atoms with van der Waals surface area (Å²) in [6.45, 7) is 3.50. The number of para-hydroxylation sites is 2. The van der Waals surface area contributed by atoms with Gasteiger partial charge in [0.2, 0.25) is 5.91 Å². The molecule has 4 rings (SSSR count). The number of aromatic nitrogens is 2. The summed E-state index contributed by atoms with van der Waals surface area (Å²) >= 11 is 0. The van der Waals surface area contributed by atoms with Crippen molar-refractivity contribution in [2.45, 2.75) is 20.4 Å². The van der Waals surface area contributed by atoms with Crippen LogP contribution in [-0.2, 0) is 11.3 Å². The van der Waals surface area contributed by atoms with Gasteiger partial charge in [0.25, 0.3) is 5.56 Å². The maximum atomic E-state index is 12.4. The molecule has 4 aromatic rings. The molecule has 0 spiro atoms. The van der Waals surface area contributed by atoms with E-state index in [4.69, 9.17) is 4.42 Å². The molecule has 0 unspecified atom stereocenters. The van der Waals surface area contributed by atoms with Crippen LogP contribution in [0.2, 0.25) is 0 Å². The molecule has 0 saturated carbocycles. The second-order valence-corrected chi connectivity index (χ2v) is 6.43. The molecule has 2 aromatic heterocycles. The third kappa shape index (κ3) is 2.93. The molecule has 7 nitrogen and oxygen atoms in total. The van der Waals surface area contributed by atoms with Crippen molar-refractivity contribution in [3.05, 3.63) is 74.5 Å². The number of nitrogens with one attached hydrogen (secondary N) is 2. The van der Waals surface area contributed by atoms with Crippen LogP contribution in [0.1, 0.15) is 11.1 Å². The number of aromatic amines is 1. The van der Waals surface area contributed by atoms with Crippen LogP contribution in [0, 0.1) is 13.8 Å². The molecule has 0 aliphatic heterocycles. The summed E-state index contributed by atoms with van der Waals surface area (Å²) < 4.78 is 6.41. The Bertz CT molecular complexity index is 1310. The van der Waals surface area contributed by atoms with Crippen molar-refractivity contribution in [3.63, 3.8) is 0 Å². The molecule has 2 heterocycles. The lowest BCUT2D eigenvalue weighted by molar-refractivity contribution is -0.116. The van der Waals surface area contributed by atoms with Crippen molar-refractivity contribution < 1.29 is 9.21 Å². The molecule has 7 heteroatoms.